The number of benzene rings is 2. The zero-order valence-electron chi connectivity index (χ0n) is 10.9. The average molecular weight is 325 g/mol. The van der Waals surface area contributed by atoms with Gasteiger partial charge in [-0.1, -0.05) is 35.9 Å². The van der Waals surface area contributed by atoms with E-state index in [1.807, 2.05) is 0 Å². The molecule has 0 saturated heterocycles. The van der Waals surface area contributed by atoms with E-state index in [0.29, 0.717) is 10.8 Å². The maximum Gasteiger partial charge on any atom is 0.245 e. The van der Waals surface area contributed by atoms with Gasteiger partial charge < -0.3 is 4.74 Å². The zero-order chi connectivity index (χ0) is 15.2. The molecule has 0 unspecified atom stereocenters. The Bertz CT molecular complexity index is 666. The number of carbonyl (C=O) groups is 1. The summed E-state index contributed by atoms with van der Waals surface area (Å²) in [4.78, 5) is 10.6. The summed E-state index contributed by atoms with van der Waals surface area (Å²) in [5.74, 6) is 0.220. The lowest BCUT2D eigenvalue weighted by molar-refractivity contribution is -0.107. The molecular formula is C16H11Cl2FO2. The minimum atomic E-state index is -0.553. The fourth-order valence-corrected chi connectivity index (χ4v) is 1.95. The van der Waals surface area contributed by atoms with Crippen molar-refractivity contribution in [1.29, 1.82) is 0 Å². The van der Waals surface area contributed by atoms with Crippen LogP contribution in [0.25, 0.3) is 6.08 Å². The first-order valence-electron chi connectivity index (χ1n) is 6.09. The Balaban J connectivity index is 2.04. The van der Waals surface area contributed by atoms with E-state index < -0.39 is 5.24 Å². The maximum absolute atomic E-state index is 12.8. The van der Waals surface area contributed by atoms with Crippen molar-refractivity contribution in [3.8, 4) is 5.75 Å². The Labute approximate surface area is 131 Å². The number of carbonyl (C=O) groups excluding carboxylic acids is 1. The van der Waals surface area contributed by atoms with E-state index in [0.717, 1.165) is 11.1 Å². The molecule has 0 radical (unpaired) electrons. The van der Waals surface area contributed by atoms with Crippen molar-refractivity contribution in [3.05, 3.63) is 70.5 Å². The molecule has 0 aliphatic carbocycles. The smallest absolute Gasteiger partial charge is 0.245 e. The van der Waals surface area contributed by atoms with Crippen LogP contribution in [-0.2, 0) is 11.4 Å². The van der Waals surface area contributed by atoms with Gasteiger partial charge in [0.1, 0.15) is 18.2 Å². The van der Waals surface area contributed by atoms with Crippen LogP contribution in [-0.4, -0.2) is 5.24 Å². The van der Waals surface area contributed by atoms with Crippen LogP contribution in [0.5, 0.6) is 5.75 Å². The third kappa shape index (κ3) is 4.88. The van der Waals surface area contributed by atoms with Crippen molar-refractivity contribution < 1.29 is 13.9 Å². The molecule has 2 aromatic carbocycles. The molecule has 2 aromatic rings. The Hall–Kier alpha value is -1.84. The molecule has 0 heterocycles. The van der Waals surface area contributed by atoms with E-state index in [9.17, 15) is 9.18 Å². The highest BCUT2D eigenvalue weighted by Crippen LogP contribution is 2.26. The first-order valence-corrected chi connectivity index (χ1v) is 6.84. The third-order valence-corrected chi connectivity index (χ3v) is 3.09. The zero-order valence-corrected chi connectivity index (χ0v) is 12.4. The molecule has 108 valence electrons. The van der Waals surface area contributed by atoms with Crippen LogP contribution in [0.2, 0.25) is 5.02 Å². The molecule has 0 spiro atoms. The van der Waals surface area contributed by atoms with Crippen molar-refractivity contribution in [2.75, 3.05) is 0 Å². The van der Waals surface area contributed by atoms with E-state index in [1.54, 1.807) is 36.4 Å². The lowest BCUT2D eigenvalue weighted by Crippen LogP contribution is -1.96. The molecule has 2 nitrogen and oxygen atoms in total. The van der Waals surface area contributed by atoms with E-state index in [2.05, 4.69) is 0 Å². The van der Waals surface area contributed by atoms with Crippen LogP contribution in [0.3, 0.4) is 0 Å². The van der Waals surface area contributed by atoms with Gasteiger partial charge in [-0.2, -0.15) is 0 Å². The quantitative estimate of drug-likeness (QED) is 0.581. The van der Waals surface area contributed by atoms with Crippen LogP contribution in [0.4, 0.5) is 4.39 Å². The standard InChI is InChI=1S/C16H11Cl2FO2/c17-14-9-11(4-8-16(18)20)3-7-15(14)21-10-12-1-5-13(19)6-2-12/h1-9H,10H2/b8-4+. The first kappa shape index (κ1) is 15.5. The molecule has 0 aliphatic heterocycles. The normalized spacial score (nSPS) is 10.8. The summed E-state index contributed by atoms with van der Waals surface area (Å²) in [6.07, 6.45) is 2.80. The number of allylic oxidation sites excluding steroid dienone is 1. The highest BCUT2D eigenvalue weighted by atomic mass is 35.5. The molecule has 0 fully saturated rings. The van der Waals surface area contributed by atoms with Crippen molar-refractivity contribution in [3.63, 3.8) is 0 Å². The van der Waals surface area contributed by atoms with Gasteiger partial charge >= 0.3 is 0 Å². The molecule has 0 aliphatic rings. The van der Waals surface area contributed by atoms with Gasteiger partial charge in [0.15, 0.2) is 0 Å². The Morgan fingerprint density at radius 3 is 2.52 bits per heavy atom. The van der Waals surface area contributed by atoms with E-state index in [4.69, 9.17) is 27.9 Å². The minimum Gasteiger partial charge on any atom is -0.487 e. The summed E-state index contributed by atoms with van der Waals surface area (Å²) in [6.45, 7) is 0.287. The molecule has 21 heavy (non-hydrogen) atoms. The lowest BCUT2D eigenvalue weighted by Gasteiger charge is -2.08. The van der Waals surface area contributed by atoms with Gasteiger partial charge in [-0.25, -0.2) is 4.39 Å². The summed E-state index contributed by atoms with van der Waals surface area (Å²) < 4.78 is 18.4. The SMILES string of the molecule is O=C(Cl)/C=C/c1ccc(OCc2ccc(F)cc2)c(Cl)c1. The second-order valence-corrected chi connectivity index (χ2v) is 5.02. The fourth-order valence-electron chi connectivity index (χ4n) is 1.64. The lowest BCUT2D eigenvalue weighted by atomic mass is 10.2. The summed E-state index contributed by atoms with van der Waals surface area (Å²) in [7, 11) is 0. The molecule has 0 saturated carbocycles. The molecule has 5 heteroatoms. The van der Waals surface area contributed by atoms with E-state index in [1.165, 1.54) is 18.2 Å². The molecule has 0 aromatic heterocycles. The largest absolute Gasteiger partial charge is 0.487 e. The second kappa shape index (κ2) is 7.25. The van der Waals surface area contributed by atoms with Gasteiger partial charge in [0.25, 0.3) is 0 Å². The van der Waals surface area contributed by atoms with Crippen molar-refractivity contribution in [2.24, 2.45) is 0 Å². The predicted octanol–water partition coefficient (Wildman–Crippen LogP) is 4.84. The number of hydrogen-bond acceptors (Lipinski definition) is 2. The summed E-state index contributed by atoms with van der Waals surface area (Å²) in [6, 6.07) is 11.2. The van der Waals surface area contributed by atoms with Gasteiger partial charge in [0, 0.05) is 0 Å². The number of rotatable bonds is 5. The maximum atomic E-state index is 12.8. The minimum absolute atomic E-state index is 0.287. The number of halogens is 3. The topological polar surface area (TPSA) is 26.3 Å². The first-order chi connectivity index (χ1) is 10.0. The van der Waals surface area contributed by atoms with Gasteiger partial charge in [-0.05, 0) is 53.1 Å². The highest BCUT2D eigenvalue weighted by molar-refractivity contribution is 6.66. The van der Waals surface area contributed by atoms with E-state index >= 15 is 0 Å². The van der Waals surface area contributed by atoms with Crippen molar-refractivity contribution >= 4 is 34.5 Å². The molecule has 0 atom stereocenters. The van der Waals surface area contributed by atoms with Crippen LogP contribution in [0.1, 0.15) is 11.1 Å². The molecule has 0 bridgehead atoms. The van der Waals surface area contributed by atoms with Crippen molar-refractivity contribution in [2.45, 2.75) is 6.61 Å². The Kier molecular flexibility index (Phi) is 5.37. The van der Waals surface area contributed by atoms with E-state index in [-0.39, 0.29) is 12.4 Å². The monoisotopic (exact) mass is 324 g/mol. The van der Waals surface area contributed by atoms with Crippen LogP contribution in [0.15, 0.2) is 48.5 Å². The molecule has 2 rings (SSSR count). The predicted molar refractivity (Wildman–Crippen MR) is 82.1 cm³/mol. The summed E-state index contributed by atoms with van der Waals surface area (Å²) >= 11 is 11.3. The van der Waals surface area contributed by atoms with Gasteiger partial charge in [0.2, 0.25) is 5.24 Å². The fraction of sp³-hybridized carbons (Fsp3) is 0.0625. The third-order valence-electron chi connectivity index (χ3n) is 2.67. The number of hydrogen-bond donors (Lipinski definition) is 0. The van der Waals surface area contributed by atoms with Crippen LogP contribution in [0, 0.1) is 5.82 Å². The van der Waals surface area contributed by atoms with Gasteiger partial charge in [-0.3, -0.25) is 4.79 Å². The average Bonchev–Trinajstić information content (AvgIpc) is 2.46. The van der Waals surface area contributed by atoms with Crippen molar-refractivity contribution in [1.82, 2.24) is 0 Å². The molecular weight excluding hydrogens is 314 g/mol. The van der Waals surface area contributed by atoms with Crippen LogP contribution < -0.4 is 4.74 Å². The second-order valence-electron chi connectivity index (χ2n) is 4.24. The Morgan fingerprint density at radius 2 is 1.90 bits per heavy atom. The summed E-state index contributed by atoms with van der Waals surface area (Å²) in [5.41, 5.74) is 1.58. The summed E-state index contributed by atoms with van der Waals surface area (Å²) in [5, 5.41) is -0.135. The van der Waals surface area contributed by atoms with Gasteiger partial charge in [-0.15, -0.1) is 0 Å². The number of ether oxygens (including phenoxy) is 1. The molecule has 0 amide bonds. The van der Waals surface area contributed by atoms with Gasteiger partial charge in [0.05, 0.1) is 5.02 Å². The highest BCUT2D eigenvalue weighted by Gasteiger charge is 2.03. The molecule has 0 N–H and O–H groups in total. The Morgan fingerprint density at radius 1 is 1.19 bits per heavy atom. The van der Waals surface area contributed by atoms with Crippen LogP contribution >= 0.6 is 23.2 Å².